The molecule has 2 unspecified atom stereocenters. The maximum Gasteiger partial charge on any atom is 0.243 e. The maximum atomic E-state index is 12.6. The lowest BCUT2D eigenvalue weighted by molar-refractivity contribution is 0.0465. The number of benzene rings is 1. The van der Waals surface area contributed by atoms with Gasteiger partial charge in [0.25, 0.3) is 0 Å². The van der Waals surface area contributed by atoms with Gasteiger partial charge >= 0.3 is 0 Å². The van der Waals surface area contributed by atoms with Crippen LogP contribution in [0.1, 0.15) is 44.7 Å². The van der Waals surface area contributed by atoms with Crippen molar-refractivity contribution in [2.75, 3.05) is 13.1 Å². The number of hydrogen-bond donors (Lipinski definition) is 2. The van der Waals surface area contributed by atoms with Crippen LogP contribution in [0, 0.1) is 0 Å². The quantitative estimate of drug-likeness (QED) is 0.888. The Morgan fingerprint density at radius 2 is 1.86 bits per heavy atom. The Morgan fingerprint density at radius 1 is 1.24 bits per heavy atom. The number of nitrogens with zero attached hydrogens (tertiary/aromatic N) is 1. The Balaban J connectivity index is 2.21. The minimum absolute atomic E-state index is 0.116. The van der Waals surface area contributed by atoms with Crippen LogP contribution in [-0.4, -0.2) is 36.5 Å². The molecule has 1 aromatic carbocycles. The van der Waals surface area contributed by atoms with Crippen LogP contribution in [0.5, 0.6) is 0 Å². The van der Waals surface area contributed by atoms with Gasteiger partial charge in [-0.2, -0.15) is 4.31 Å². The van der Waals surface area contributed by atoms with Gasteiger partial charge in [-0.05, 0) is 50.8 Å². The van der Waals surface area contributed by atoms with Gasteiger partial charge < -0.3 is 10.8 Å². The third-order valence-corrected chi connectivity index (χ3v) is 5.98. The number of rotatable bonds is 3. The maximum absolute atomic E-state index is 12.6. The molecule has 0 spiro atoms. The summed E-state index contributed by atoms with van der Waals surface area (Å²) in [5.74, 6) is 0. The average Bonchev–Trinajstić information content (AvgIpc) is 2.60. The van der Waals surface area contributed by atoms with Crippen LogP contribution in [0.25, 0.3) is 0 Å². The lowest BCUT2D eigenvalue weighted by Crippen LogP contribution is -2.33. The second-order valence-corrected chi connectivity index (χ2v) is 8.05. The standard InChI is InChI=1S/C15H24N2O3S/c1-12(16)13-4-6-14(7-5-13)21(19,20)17-10-3-8-15(2,18)9-11-17/h4-7,12,18H,3,8-11,16H2,1-2H3. The fraction of sp³-hybridized carbons (Fsp3) is 0.600. The third kappa shape index (κ3) is 3.83. The molecular weight excluding hydrogens is 288 g/mol. The van der Waals surface area contributed by atoms with Gasteiger partial charge in [-0.3, -0.25) is 0 Å². The highest BCUT2D eigenvalue weighted by Crippen LogP contribution is 2.26. The van der Waals surface area contributed by atoms with Crippen molar-refractivity contribution in [1.29, 1.82) is 0 Å². The Morgan fingerprint density at radius 3 is 2.43 bits per heavy atom. The molecule has 1 aromatic rings. The highest BCUT2D eigenvalue weighted by molar-refractivity contribution is 7.89. The molecule has 6 heteroatoms. The summed E-state index contributed by atoms with van der Waals surface area (Å²) in [6, 6.07) is 6.61. The first-order chi connectivity index (χ1) is 9.72. The molecule has 1 heterocycles. The first-order valence-corrected chi connectivity index (χ1v) is 8.74. The minimum atomic E-state index is -3.50. The van der Waals surface area contributed by atoms with Crippen molar-refractivity contribution in [3.05, 3.63) is 29.8 Å². The van der Waals surface area contributed by atoms with Gasteiger partial charge in [-0.1, -0.05) is 12.1 Å². The summed E-state index contributed by atoms with van der Waals surface area (Å²) in [6.07, 6.45) is 1.76. The first kappa shape index (κ1) is 16.4. The Labute approximate surface area is 126 Å². The van der Waals surface area contributed by atoms with Gasteiger partial charge in [0.05, 0.1) is 10.5 Å². The van der Waals surface area contributed by atoms with E-state index in [4.69, 9.17) is 5.73 Å². The van der Waals surface area contributed by atoms with E-state index in [0.717, 1.165) is 5.56 Å². The zero-order valence-electron chi connectivity index (χ0n) is 12.6. The second kappa shape index (κ2) is 6.04. The molecule has 0 bridgehead atoms. The summed E-state index contributed by atoms with van der Waals surface area (Å²) in [7, 11) is -3.50. The minimum Gasteiger partial charge on any atom is -0.390 e. The molecule has 1 aliphatic heterocycles. The van der Waals surface area contributed by atoms with Gasteiger partial charge in [-0.15, -0.1) is 0 Å². The molecule has 0 aromatic heterocycles. The number of sulfonamides is 1. The molecular formula is C15H24N2O3S. The lowest BCUT2D eigenvalue weighted by atomic mass is 9.98. The van der Waals surface area contributed by atoms with E-state index >= 15 is 0 Å². The summed E-state index contributed by atoms with van der Waals surface area (Å²) in [5.41, 5.74) is 5.91. The molecule has 5 nitrogen and oxygen atoms in total. The van der Waals surface area contributed by atoms with Crippen LogP contribution >= 0.6 is 0 Å². The van der Waals surface area contributed by atoms with E-state index in [1.165, 1.54) is 4.31 Å². The molecule has 2 rings (SSSR count). The van der Waals surface area contributed by atoms with Gasteiger partial charge in [0.2, 0.25) is 10.0 Å². The summed E-state index contributed by atoms with van der Waals surface area (Å²) in [5, 5.41) is 10.1. The zero-order valence-corrected chi connectivity index (χ0v) is 13.4. The molecule has 1 aliphatic rings. The Kier molecular flexibility index (Phi) is 4.72. The number of aliphatic hydroxyl groups is 1. The van der Waals surface area contributed by atoms with Crippen LogP contribution in [0.15, 0.2) is 29.2 Å². The molecule has 1 fully saturated rings. The zero-order chi connectivity index (χ0) is 15.7. The first-order valence-electron chi connectivity index (χ1n) is 7.30. The molecule has 118 valence electrons. The monoisotopic (exact) mass is 312 g/mol. The molecule has 0 saturated carbocycles. The highest BCUT2D eigenvalue weighted by Gasteiger charge is 2.31. The molecule has 0 radical (unpaired) electrons. The number of nitrogens with two attached hydrogens (primary N) is 1. The largest absolute Gasteiger partial charge is 0.390 e. The van der Waals surface area contributed by atoms with Gasteiger partial charge in [0.1, 0.15) is 0 Å². The fourth-order valence-electron chi connectivity index (χ4n) is 2.57. The molecule has 0 amide bonds. The van der Waals surface area contributed by atoms with E-state index in [1.54, 1.807) is 31.2 Å². The van der Waals surface area contributed by atoms with Crippen molar-refractivity contribution in [2.45, 2.75) is 49.6 Å². The van der Waals surface area contributed by atoms with E-state index in [1.807, 2.05) is 6.92 Å². The van der Waals surface area contributed by atoms with Crippen molar-refractivity contribution < 1.29 is 13.5 Å². The van der Waals surface area contributed by atoms with E-state index in [-0.39, 0.29) is 10.9 Å². The normalized spacial score (nSPS) is 26.3. The summed E-state index contributed by atoms with van der Waals surface area (Å²) >= 11 is 0. The fourth-order valence-corrected chi connectivity index (χ4v) is 4.05. The van der Waals surface area contributed by atoms with Crippen LogP contribution in [0.4, 0.5) is 0 Å². The summed E-state index contributed by atoms with van der Waals surface area (Å²) in [4.78, 5) is 0.286. The predicted octanol–water partition coefficient (Wildman–Crippen LogP) is 1.63. The Hall–Kier alpha value is -0.950. The number of hydrogen-bond acceptors (Lipinski definition) is 4. The van der Waals surface area contributed by atoms with Gasteiger partial charge in [-0.25, -0.2) is 8.42 Å². The van der Waals surface area contributed by atoms with Crippen LogP contribution < -0.4 is 5.73 Å². The van der Waals surface area contributed by atoms with Crippen LogP contribution in [-0.2, 0) is 10.0 Å². The predicted molar refractivity (Wildman–Crippen MR) is 82.3 cm³/mol. The van der Waals surface area contributed by atoms with Crippen molar-refractivity contribution in [3.8, 4) is 0 Å². The van der Waals surface area contributed by atoms with E-state index < -0.39 is 15.6 Å². The van der Waals surface area contributed by atoms with Crippen molar-refractivity contribution >= 4 is 10.0 Å². The molecule has 3 N–H and O–H groups in total. The average molecular weight is 312 g/mol. The molecule has 1 saturated heterocycles. The van der Waals surface area contributed by atoms with Crippen molar-refractivity contribution in [3.63, 3.8) is 0 Å². The smallest absolute Gasteiger partial charge is 0.243 e. The van der Waals surface area contributed by atoms with E-state index in [9.17, 15) is 13.5 Å². The van der Waals surface area contributed by atoms with Gasteiger partial charge in [0, 0.05) is 19.1 Å². The second-order valence-electron chi connectivity index (χ2n) is 6.11. The topological polar surface area (TPSA) is 83.6 Å². The SMILES string of the molecule is CC(N)c1ccc(S(=O)(=O)N2CCCC(C)(O)CC2)cc1. The lowest BCUT2D eigenvalue weighted by Gasteiger charge is -2.22. The summed E-state index contributed by atoms with van der Waals surface area (Å²) in [6.45, 7) is 4.43. The van der Waals surface area contributed by atoms with E-state index in [0.29, 0.717) is 32.4 Å². The molecule has 2 atom stereocenters. The molecule has 21 heavy (non-hydrogen) atoms. The van der Waals surface area contributed by atoms with Crippen molar-refractivity contribution in [1.82, 2.24) is 4.31 Å². The van der Waals surface area contributed by atoms with Gasteiger partial charge in [0.15, 0.2) is 0 Å². The van der Waals surface area contributed by atoms with Crippen molar-refractivity contribution in [2.24, 2.45) is 5.73 Å². The molecule has 0 aliphatic carbocycles. The van der Waals surface area contributed by atoms with Crippen LogP contribution in [0.3, 0.4) is 0 Å². The Bertz CT molecular complexity index is 579. The van der Waals surface area contributed by atoms with E-state index in [2.05, 4.69) is 0 Å². The van der Waals surface area contributed by atoms with Crippen LogP contribution in [0.2, 0.25) is 0 Å². The third-order valence-electron chi connectivity index (χ3n) is 4.07. The summed E-state index contributed by atoms with van der Waals surface area (Å²) < 4.78 is 26.8. The highest BCUT2D eigenvalue weighted by atomic mass is 32.2.